The number of carbonyl (C=O) groups excluding carboxylic acids is 2. The van der Waals surface area contributed by atoms with Crippen LogP contribution in [0.25, 0.3) is 0 Å². The molecule has 0 spiro atoms. The minimum Gasteiger partial charge on any atom is -0.466 e. The first-order chi connectivity index (χ1) is 14.7. The topological polar surface area (TPSA) is 105 Å². The van der Waals surface area contributed by atoms with Crippen molar-refractivity contribution in [1.29, 1.82) is 0 Å². The Morgan fingerprint density at radius 3 is 1.56 bits per heavy atom. The van der Waals surface area contributed by atoms with Gasteiger partial charge in [0.25, 0.3) is 0 Å². The van der Waals surface area contributed by atoms with Gasteiger partial charge in [-0.05, 0) is 19.4 Å². The number of rotatable bonds is 5. The van der Waals surface area contributed by atoms with Gasteiger partial charge in [0.15, 0.2) is 0 Å². The monoisotopic (exact) mass is 473 g/mol. The van der Waals surface area contributed by atoms with E-state index in [-0.39, 0.29) is 5.56 Å². The highest BCUT2D eigenvalue weighted by Gasteiger charge is 2.78. The van der Waals surface area contributed by atoms with E-state index >= 15 is 0 Å². The molecule has 1 aromatic rings. The molecule has 0 aromatic heterocycles. The number of alkyl halides is 6. The molecular formula is C19H21F6NO6. The zero-order chi connectivity index (χ0) is 24.5. The number of hydrogen-bond acceptors (Lipinski definition) is 7. The van der Waals surface area contributed by atoms with Gasteiger partial charge in [0.05, 0.1) is 13.2 Å². The molecule has 1 unspecified atom stereocenters. The molecule has 5 atom stereocenters. The number of benzene rings is 1. The van der Waals surface area contributed by atoms with Gasteiger partial charge in [0, 0.05) is 5.92 Å². The van der Waals surface area contributed by atoms with Gasteiger partial charge in [-0.15, -0.1) is 0 Å². The minimum atomic E-state index is -5.91. The van der Waals surface area contributed by atoms with Crippen molar-refractivity contribution in [2.45, 2.75) is 43.6 Å². The van der Waals surface area contributed by atoms with E-state index in [4.69, 9.17) is 0 Å². The largest absolute Gasteiger partial charge is 0.466 e. The van der Waals surface area contributed by atoms with Gasteiger partial charge in [0.1, 0.15) is 11.8 Å². The Kier molecular flexibility index (Phi) is 7.17. The van der Waals surface area contributed by atoms with E-state index in [2.05, 4.69) is 9.47 Å². The molecule has 13 heteroatoms. The van der Waals surface area contributed by atoms with Gasteiger partial charge in [-0.2, -0.15) is 26.3 Å². The van der Waals surface area contributed by atoms with Crippen molar-refractivity contribution in [3.05, 3.63) is 35.9 Å². The van der Waals surface area contributed by atoms with Crippen LogP contribution in [0, 0.1) is 11.8 Å². The van der Waals surface area contributed by atoms with Gasteiger partial charge in [-0.3, -0.25) is 9.59 Å². The van der Waals surface area contributed by atoms with Crippen LogP contribution in [0.5, 0.6) is 0 Å². The van der Waals surface area contributed by atoms with Crippen LogP contribution in [0.4, 0.5) is 26.3 Å². The predicted octanol–water partition coefficient (Wildman–Crippen LogP) is 2.23. The third-order valence-corrected chi connectivity index (χ3v) is 5.13. The van der Waals surface area contributed by atoms with Crippen molar-refractivity contribution < 1.29 is 55.6 Å². The van der Waals surface area contributed by atoms with Crippen LogP contribution < -0.4 is 5.32 Å². The summed E-state index contributed by atoms with van der Waals surface area (Å²) in [5.74, 6) is -11.4. The van der Waals surface area contributed by atoms with Crippen LogP contribution in [0.1, 0.15) is 25.3 Å². The summed E-state index contributed by atoms with van der Waals surface area (Å²) in [6.07, 6.45) is -11.8. The van der Waals surface area contributed by atoms with Crippen LogP contribution in [-0.4, -0.2) is 59.2 Å². The number of nitrogens with one attached hydrogen (secondary N) is 1. The molecule has 1 aliphatic rings. The van der Waals surface area contributed by atoms with E-state index in [0.717, 1.165) is 17.4 Å². The molecule has 3 N–H and O–H groups in total. The van der Waals surface area contributed by atoms with E-state index < -0.39 is 66.7 Å². The van der Waals surface area contributed by atoms with Crippen molar-refractivity contribution in [2.75, 3.05) is 13.2 Å². The molecule has 32 heavy (non-hydrogen) atoms. The van der Waals surface area contributed by atoms with E-state index in [1.54, 1.807) is 0 Å². The summed E-state index contributed by atoms with van der Waals surface area (Å²) in [4.78, 5) is 25.2. The number of hydrogen-bond donors (Lipinski definition) is 3. The van der Waals surface area contributed by atoms with Crippen LogP contribution in [0.15, 0.2) is 30.3 Å². The Morgan fingerprint density at radius 2 is 1.25 bits per heavy atom. The van der Waals surface area contributed by atoms with E-state index in [1.807, 2.05) is 0 Å². The molecule has 180 valence electrons. The minimum absolute atomic E-state index is 0.365. The van der Waals surface area contributed by atoms with Gasteiger partial charge >= 0.3 is 24.3 Å². The number of carbonyl (C=O) groups is 2. The summed E-state index contributed by atoms with van der Waals surface area (Å²) in [5, 5.41) is 21.7. The predicted molar refractivity (Wildman–Crippen MR) is 94.6 cm³/mol. The van der Waals surface area contributed by atoms with E-state index in [1.165, 1.54) is 32.0 Å². The van der Waals surface area contributed by atoms with Crippen molar-refractivity contribution >= 4 is 11.9 Å². The van der Waals surface area contributed by atoms with E-state index in [9.17, 15) is 46.1 Å². The molecule has 0 amide bonds. The van der Waals surface area contributed by atoms with Crippen molar-refractivity contribution in [3.63, 3.8) is 0 Å². The Morgan fingerprint density at radius 1 is 0.875 bits per heavy atom. The van der Waals surface area contributed by atoms with Crippen LogP contribution in [0.2, 0.25) is 0 Å². The van der Waals surface area contributed by atoms with Crippen molar-refractivity contribution in [3.8, 4) is 0 Å². The molecule has 0 radical (unpaired) electrons. The van der Waals surface area contributed by atoms with Crippen LogP contribution >= 0.6 is 0 Å². The summed E-state index contributed by atoms with van der Waals surface area (Å²) in [7, 11) is 0. The maximum Gasteiger partial charge on any atom is 0.432 e. The van der Waals surface area contributed by atoms with Crippen molar-refractivity contribution in [2.24, 2.45) is 11.8 Å². The Balaban J connectivity index is 2.93. The number of aliphatic hydroxyl groups is 2. The fraction of sp³-hybridized carbons (Fsp3) is 0.579. The van der Waals surface area contributed by atoms with E-state index in [0.29, 0.717) is 0 Å². The summed E-state index contributed by atoms with van der Waals surface area (Å²) in [6, 6.07) is 5.97. The molecule has 1 saturated heterocycles. The molecule has 1 aliphatic heterocycles. The lowest BCUT2D eigenvalue weighted by atomic mass is 9.64. The lowest BCUT2D eigenvalue weighted by molar-refractivity contribution is -0.376. The Labute approximate surface area is 178 Å². The fourth-order valence-electron chi connectivity index (χ4n) is 3.81. The number of ether oxygens (including phenoxy) is 2. The third-order valence-electron chi connectivity index (χ3n) is 5.13. The average molecular weight is 473 g/mol. The number of piperidine rings is 1. The highest BCUT2D eigenvalue weighted by atomic mass is 19.4. The SMILES string of the molecule is CCOC(=O)[C@H]1C(c2ccccc2)[C@H](C(=O)OCC)[C@](O)(C(F)(F)F)N[C@]1(O)C(F)(F)F. The summed E-state index contributed by atoms with van der Waals surface area (Å²) >= 11 is 0. The van der Waals surface area contributed by atoms with Gasteiger partial charge in [0.2, 0.25) is 11.4 Å². The first kappa shape index (κ1) is 25.9. The lowest BCUT2D eigenvalue weighted by Gasteiger charge is -2.54. The Bertz CT molecular complexity index is 784. The first-order valence-electron chi connectivity index (χ1n) is 9.41. The summed E-state index contributed by atoms with van der Waals surface area (Å²) in [5.41, 5.74) is -9.60. The van der Waals surface area contributed by atoms with Gasteiger partial charge in [-0.1, -0.05) is 30.3 Å². The maximum absolute atomic E-state index is 14.0. The quantitative estimate of drug-likeness (QED) is 0.445. The molecule has 1 heterocycles. The van der Waals surface area contributed by atoms with Gasteiger partial charge < -0.3 is 19.7 Å². The molecule has 0 aliphatic carbocycles. The number of esters is 2. The summed E-state index contributed by atoms with van der Waals surface area (Å²) in [6.45, 7) is 1.51. The van der Waals surface area contributed by atoms with Crippen LogP contribution in [-0.2, 0) is 19.1 Å². The molecule has 1 fully saturated rings. The molecule has 1 aromatic carbocycles. The van der Waals surface area contributed by atoms with Crippen LogP contribution in [0.3, 0.4) is 0 Å². The molecule has 2 rings (SSSR count). The maximum atomic E-state index is 14.0. The molecule has 0 saturated carbocycles. The second kappa shape index (κ2) is 8.87. The zero-order valence-corrected chi connectivity index (χ0v) is 16.8. The lowest BCUT2D eigenvalue weighted by Crippen LogP contribution is -2.81. The highest BCUT2D eigenvalue weighted by Crippen LogP contribution is 2.55. The first-order valence-corrected chi connectivity index (χ1v) is 9.41. The second-order valence-corrected chi connectivity index (χ2v) is 7.05. The molecule has 0 bridgehead atoms. The number of halogens is 6. The fourth-order valence-corrected chi connectivity index (χ4v) is 3.81. The van der Waals surface area contributed by atoms with Gasteiger partial charge in [-0.25, -0.2) is 5.32 Å². The average Bonchev–Trinajstić information content (AvgIpc) is 2.66. The summed E-state index contributed by atoms with van der Waals surface area (Å²) < 4.78 is 93.0. The molecular weight excluding hydrogens is 452 g/mol. The second-order valence-electron chi connectivity index (χ2n) is 7.05. The third kappa shape index (κ3) is 4.28. The standard InChI is InChI=1S/C19H21F6NO6/c1-3-31-14(27)12-11(10-8-6-5-7-9-10)13(15(28)32-4-2)17(30,19(23,24)25)26-16(12,29)18(20,21)22/h5-9,11-13,26,29-30H,3-4H2,1-2H3/t11?,12-,13-,16-,17+/m1/s1. The Hall–Kier alpha value is -2.38. The highest BCUT2D eigenvalue weighted by molar-refractivity contribution is 5.81. The zero-order valence-electron chi connectivity index (χ0n) is 16.8. The normalized spacial score (nSPS) is 31.1. The molecule has 7 nitrogen and oxygen atoms in total. The smallest absolute Gasteiger partial charge is 0.432 e. The van der Waals surface area contributed by atoms with Crippen molar-refractivity contribution in [1.82, 2.24) is 5.32 Å².